The van der Waals surface area contributed by atoms with Crippen molar-refractivity contribution < 1.29 is 27.1 Å². The minimum atomic E-state index is -3.86. The molecule has 0 aromatic heterocycles. The van der Waals surface area contributed by atoms with E-state index in [1.165, 1.54) is 36.4 Å². The van der Waals surface area contributed by atoms with Crippen molar-refractivity contribution in [1.82, 2.24) is 10.6 Å². The zero-order chi connectivity index (χ0) is 21.9. The van der Waals surface area contributed by atoms with Crippen molar-refractivity contribution in [3.05, 3.63) is 76.7 Å². The van der Waals surface area contributed by atoms with Crippen LogP contribution in [0.3, 0.4) is 0 Å². The summed E-state index contributed by atoms with van der Waals surface area (Å²) in [4.78, 5) is 25.0. The third-order valence-corrected chi connectivity index (χ3v) is 6.23. The fourth-order valence-corrected chi connectivity index (χ4v) is 4.43. The first-order chi connectivity index (χ1) is 14.2. The van der Waals surface area contributed by atoms with Crippen molar-refractivity contribution in [3.8, 4) is 0 Å². The summed E-state index contributed by atoms with van der Waals surface area (Å²) >= 11 is 0. The molecule has 7 nitrogen and oxygen atoms in total. The molecular formula is C21H21FN2O5S. The molecule has 2 aromatic rings. The van der Waals surface area contributed by atoms with E-state index in [0.29, 0.717) is 5.56 Å². The van der Waals surface area contributed by atoms with E-state index in [2.05, 4.69) is 10.6 Å². The maximum atomic E-state index is 13.3. The topological polar surface area (TPSA) is 102 Å². The number of nitrogens with one attached hydrogen (secondary N) is 2. The van der Waals surface area contributed by atoms with Gasteiger partial charge in [0, 0.05) is 5.70 Å². The van der Waals surface area contributed by atoms with Gasteiger partial charge in [0.25, 0.3) is 0 Å². The van der Waals surface area contributed by atoms with Crippen LogP contribution in [0, 0.1) is 12.7 Å². The number of hydrogen-bond donors (Lipinski definition) is 2. The van der Waals surface area contributed by atoms with Crippen molar-refractivity contribution in [2.24, 2.45) is 0 Å². The summed E-state index contributed by atoms with van der Waals surface area (Å²) in [5, 5.41) is 5.01. The average Bonchev–Trinajstić information content (AvgIpc) is 2.68. The number of sulfone groups is 1. The molecule has 0 radical (unpaired) electrons. The van der Waals surface area contributed by atoms with Crippen LogP contribution >= 0.6 is 0 Å². The van der Waals surface area contributed by atoms with Gasteiger partial charge >= 0.3 is 12.0 Å². The second-order valence-corrected chi connectivity index (χ2v) is 8.76. The molecule has 0 fully saturated rings. The van der Waals surface area contributed by atoms with E-state index in [1.54, 1.807) is 19.1 Å². The van der Waals surface area contributed by atoms with Crippen LogP contribution in [0.1, 0.15) is 24.1 Å². The van der Waals surface area contributed by atoms with Crippen molar-refractivity contribution in [2.75, 3.05) is 12.4 Å². The molecule has 3 rings (SSSR count). The molecule has 1 aliphatic rings. The van der Waals surface area contributed by atoms with Crippen LogP contribution in [0.2, 0.25) is 0 Å². The van der Waals surface area contributed by atoms with Crippen LogP contribution < -0.4 is 10.6 Å². The second kappa shape index (κ2) is 8.66. The Bertz CT molecular complexity index is 1090. The molecule has 2 aromatic carbocycles. The molecule has 1 heterocycles. The largest absolute Gasteiger partial charge is 0.463 e. The molecule has 2 amide bonds. The predicted molar refractivity (Wildman–Crippen MR) is 108 cm³/mol. The highest BCUT2D eigenvalue weighted by molar-refractivity contribution is 7.91. The lowest BCUT2D eigenvalue weighted by molar-refractivity contribution is -0.139. The van der Waals surface area contributed by atoms with E-state index < -0.39 is 39.4 Å². The SMILES string of the molecule is CCOC(=O)C1=C(CS(=O)(=O)c2ccc(C)cc2)NC(=O)N[C@@H]1c1ccc(F)cc1. The summed E-state index contributed by atoms with van der Waals surface area (Å²) in [6, 6.07) is 9.81. The molecule has 1 aliphatic heterocycles. The van der Waals surface area contributed by atoms with E-state index in [1.807, 2.05) is 6.92 Å². The molecule has 0 unspecified atom stereocenters. The Labute approximate surface area is 173 Å². The molecule has 9 heteroatoms. The minimum Gasteiger partial charge on any atom is -0.463 e. The molecule has 0 saturated heterocycles. The van der Waals surface area contributed by atoms with Crippen LogP contribution in [0.5, 0.6) is 0 Å². The summed E-state index contributed by atoms with van der Waals surface area (Å²) in [6.07, 6.45) is 0. The van der Waals surface area contributed by atoms with E-state index in [9.17, 15) is 22.4 Å². The minimum absolute atomic E-state index is 0.0428. The Balaban J connectivity index is 2.08. The van der Waals surface area contributed by atoms with Gasteiger partial charge in [-0.1, -0.05) is 29.8 Å². The normalized spacial score (nSPS) is 16.6. The van der Waals surface area contributed by atoms with E-state index in [0.717, 1.165) is 5.56 Å². The summed E-state index contributed by atoms with van der Waals surface area (Å²) in [5.74, 6) is -1.86. The van der Waals surface area contributed by atoms with Crippen molar-refractivity contribution >= 4 is 21.8 Å². The standard InChI is InChI=1S/C21H21FN2O5S/c1-3-29-20(25)18-17(12-30(27,28)16-10-4-13(2)5-11-16)23-21(26)24-19(18)14-6-8-15(22)9-7-14/h4-11,19H,3,12H2,1-2H3,(H2,23,24,26)/t19-/m1/s1. The van der Waals surface area contributed by atoms with Crippen molar-refractivity contribution in [1.29, 1.82) is 0 Å². The molecule has 30 heavy (non-hydrogen) atoms. The first kappa shape index (κ1) is 21.5. The Morgan fingerprint density at radius 3 is 2.33 bits per heavy atom. The number of halogens is 1. The molecule has 0 saturated carbocycles. The monoisotopic (exact) mass is 432 g/mol. The molecule has 0 spiro atoms. The van der Waals surface area contributed by atoms with Gasteiger partial charge in [0.05, 0.1) is 28.9 Å². The smallest absolute Gasteiger partial charge is 0.338 e. The maximum absolute atomic E-state index is 13.3. The number of esters is 1. The van der Waals surface area contributed by atoms with Gasteiger partial charge in [-0.25, -0.2) is 22.4 Å². The molecule has 158 valence electrons. The third kappa shape index (κ3) is 4.68. The van der Waals surface area contributed by atoms with Gasteiger partial charge in [0.1, 0.15) is 5.82 Å². The number of carbonyl (C=O) groups excluding carboxylic acids is 2. The highest BCUT2D eigenvalue weighted by Crippen LogP contribution is 2.29. The first-order valence-electron chi connectivity index (χ1n) is 9.24. The predicted octanol–water partition coefficient (Wildman–Crippen LogP) is 2.78. The molecule has 0 bridgehead atoms. The van der Waals surface area contributed by atoms with E-state index >= 15 is 0 Å². The first-order valence-corrected chi connectivity index (χ1v) is 10.9. The van der Waals surface area contributed by atoms with Crippen molar-refractivity contribution in [3.63, 3.8) is 0 Å². The quantitative estimate of drug-likeness (QED) is 0.684. The Morgan fingerprint density at radius 2 is 1.73 bits per heavy atom. The Hall–Kier alpha value is -3.20. The lowest BCUT2D eigenvalue weighted by Crippen LogP contribution is -2.47. The van der Waals surface area contributed by atoms with Crippen LogP contribution in [0.25, 0.3) is 0 Å². The number of aryl methyl sites for hydroxylation is 1. The van der Waals surface area contributed by atoms with Gasteiger partial charge in [-0.05, 0) is 43.7 Å². The summed E-state index contributed by atoms with van der Waals surface area (Å²) in [7, 11) is -3.86. The number of benzene rings is 2. The Kier molecular flexibility index (Phi) is 6.21. The number of amides is 2. The Morgan fingerprint density at radius 1 is 1.10 bits per heavy atom. The number of ether oxygens (including phenoxy) is 1. The van der Waals surface area contributed by atoms with Gasteiger partial charge in [0.2, 0.25) is 0 Å². The zero-order valence-corrected chi connectivity index (χ0v) is 17.3. The summed E-state index contributed by atoms with van der Waals surface area (Å²) < 4.78 is 44.3. The van der Waals surface area contributed by atoms with E-state index in [4.69, 9.17) is 4.74 Å². The van der Waals surface area contributed by atoms with Gasteiger partial charge in [0.15, 0.2) is 9.84 Å². The second-order valence-electron chi connectivity index (χ2n) is 6.77. The highest BCUT2D eigenvalue weighted by atomic mass is 32.2. The van der Waals surface area contributed by atoms with Crippen LogP contribution in [-0.4, -0.2) is 32.8 Å². The fourth-order valence-electron chi connectivity index (χ4n) is 3.11. The van der Waals surface area contributed by atoms with E-state index in [-0.39, 0.29) is 22.8 Å². The lowest BCUT2D eigenvalue weighted by Gasteiger charge is -2.29. The maximum Gasteiger partial charge on any atom is 0.338 e. The van der Waals surface area contributed by atoms with Gasteiger partial charge in [-0.3, -0.25) is 0 Å². The van der Waals surface area contributed by atoms with Crippen molar-refractivity contribution in [2.45, 2.75) is 24.8 Å². The molecular weight excluding hydrogens is 411 g/mol. The van der Waals surface area contributed by atoms with Crippen LogP contribution in [-0.2, 0) is 19.4 Å². The highest BCUT2D eigenvalue weighted by Gasteiger charge is 2.35. The molecule has 0 aliphatic carbocycles. The lowest BCUT2D eigenvalue weighted by atomic mass is 9.95. The van der Waals surface area contributed by atoms with Gasteiger partial charge in [-0.15, -0.1) is 0 Å². The third-order valence-electron chi connectivity index (χ3n) is 4.57. The molecule has 1 atom stereocenters. The average molecular weight is 432 g/mol. The molecule has 2 N–H and O–H groups in total. The van der Waals surface area contributed by atoms with Gasteiger partial charge < -0.3 is 15.4 Å². The zero-order valence-electron chi connectivity index (χ0n) is 16.4. The van der Waals surface area contributed by atoms with Gasteiger partial charge in [-0.2, -0.15) is 0 Å². The number of hydrogen-bond acceptors (Lipinski definition) is 5. The fraction of sp³-hybridized carbons (Fsp3) is 0.238. The van der Waals surface area contributed by atoms with Crippen LogP contribution in [0.15, 0.2) is 64.7 Å². The summed E-state index contributed by atoms with van der Waals surface area (Å²) in [6.45, 7) is 3.51. The number of rotatable bonds is 6. The number of carbonyl (C=O) groups is 2. The summed E-state index contributed by atoms with van der Waals surface area (Å²) in [5.41, 5.74) is 1.19. The number of urea groups is 1. The van der Waals surface area contributed by atoms with Crippen LogP contribution in [0.4, 0.5) is 9.18 Å².